The molecule has 0 amide bonds. The van der Waals surface area contributed by atoms with Crippen molar-refractivity contribution in [3.05, 3.63) is 10.2 Å². The van der Waals surface area contributed by atoms with Gasteiger partial charge in [0.2, 0.25) is 0 Å². The Morgan fingerprint density at radius 2 is 2.67 bits per heavy atom. The molecule has 2 heteroatoms. The molecule has 0 spiro atoms. The van der Waals surface area contributed by atoms with E-state index in [1.54, 1.807) is 0 Å². The predicted molar refractivity (Wildman–Crippen MR) is 22.0 cm³/mol. The van der Waals surface area contributed by atoms with Gasteiger partial charge in [0.1, 0.15) is 0 Å². The van der Waals surface area contributed by atoms with Gasteiger partial charge < -0.3 is 0 Å². The van der Waals surface area contributed by atoms with E-state index in [1.807, 2.05) is 0 Å². The molecule has 0 aromatic carbocycles. The van der Waals surface area contributed by atoms with E-state index in [1.165, 1.54) is 8.13 Å². The molecule has 6 heavy (non-hydrogen) atoms. The fourth-order valence-corrected chi connectivity index (χ4v) is 1.99. The monoisotopic (exact) mass is 196 g/mol. The van der Waals surface area contributed by atoms with E-state index in [9.17, 15) is 0 Å². The van der Waals surface area contributed by atoms with Crippen LogP contribution in [0.1, 0.15) is 0 Å². The first-order valence-electron chi connectivity index (χ1n) is 1.87. The van der Waals surface area contributed by atoms with Gasteiger partial charge in [0, 0.05) is 0 Å². The first kappa shape index (κ1) is 4.59. The molecule has 0 radical (unpaired) electrons. The van der Waals surface area contributed by atoms with Gasteiger partial charge in [0.15, 0.2) is 0 Å². The van der Waals surface area contributed by atoms with Crippen molar-refractivity contribution in [3.63, 3.8) is 0 Å². The minimum atomic E-state index is 0.374. The molecule has 1 saturated heterocycles. The van der Waals surface area contributed by atoms with Crippen LogP contribution in [0.15, 0.2) is 10.2 Å². The van der Waals surface area contributed by atoms with Crippen molar-refractivity contribution in [1.82, 2.24) is 5.32 Å². The van der Waals surface area contributed by atoms with Crippen LogP contribution in [0.5, 0.6) is 0 Å². The number of halogens is 1. The van der Waals surface area contributed by atoms with Crippen LogP contribution in [0.3, 0.4) is 0 Å². The summed E-state index contributed by atoms with van der Waals surface area (Å²) < 4.78 is 2.70. The molecule has 1 heterocycles. The van der Waals surface area contributed by atoms with Crippen LogP contribution in [-0.4, -0.2) is 11.1 Å². The van der Waals surface area contributed by atoms with Crippen molar-refractivity contribution >= 4 is 0 Å². The fourth-order valence-electron chi connectivity index (χ4n) is 0.372. The fraction of sp³-hybridized carbons (Fsp3) is 0.500. The topological polar surface area (TPSA) is 12.0 Å². The molecule has 1 N–H and O–H groups in total. The number of alkyl halides is 1. The first-order valence-corrected chi connectivity index (χ1v) is 4.47. The Morgan fingerprint density at radius 1 is 1.83 bits per heavy atom. The van der Waals surface area contributed by atoms with Gasteiger partial charge in [-0.25, -0.2) is 0 Å². The molecular weight excluding hydrogens is 189 g/mol. The SMILES string of the molecule is C=C1CNC[I-]1. The quantitative estimate of drug-likeness (QED) is 0.250. The molecule has 1 rings (SSSR count). The second-order valence-corrected chi connectivity index (χ2v) is 4.26. The van der Waals surface area contributed by atoms with Crippen molar-refractivity contribution in [1.29, 1.82) is 0 Å². The molecule has 0 atom stereocenters. The van der Waals surface area contributed by atoms with Crippen LogP contribution in [0.2, 0.25) is 0 Å². The Kier molecular flexibility index (Phi) is 1.48. The summed E-state index contributed by atoms with van der Waals surface area (Å²) in [6.07, 6.45) is 0. The Hall–Kier alpha value is 0.430. The summed E-state index contributed by atoms with van der Waals surface area (Å²) in [5, 5.41) is 3.22. The third-order valence-corrected chi connectivity index (χ3v) is 3.05. The summed E-state index contributed by atoms with van der Waals surface area (Å²) in [6.45, 7) is 4.93. The second kappa shape index (κ2) is 1.93. The maximum absolute atomic E-state index is 3.84. The maximum atomic E-state index is 3.84. The van der Waals surface area contributed by atoms with Gasteiger partial charge >= 0.3 is 47.8 Å². The summed E-state index contributed by atoms with van der Waals surface area (Å²) in [7, 11) is 0. The van der Waals surface area contributed by atoms with Crippen LogP contribution in [0.4, 0.5) is 0 Å². The zero-order chi connectivity index (χ0) is 4.41. The number of rotatable bonds is 0. The molecule has 1 fully saturated rings. The normalized spacial score (nSPS) is 23.7. The van der Waals surface area contributed by atoms with Crippen LogP contribution >= 0.6 is 0 Å². The Morgan fingerprint density at radius 3 is 2.83 bits per heavy atom. The van der Waals surface area contributed by atoms with Gasteiger partial charge in [-0.05, 0) is 0 Å². The molecule has 1 aliphatic rings. The standard InChI is InChI=1S/C4H7IN/c1-4-2-6-3-5-4/h6H,1-3H2/q-1. The molecule has 0 unspecified atom stereocenters. The van der Waals surface area contributed by atoms with Crippen LogP contribution in [0.25, 0.3) is 0 Å². The summed E-state index contributed by atoms with van der Waals surface area (Å²) in [6, 6.07) is 0. The number of hydrogen-bond donors (Lipinski definition) is 1. The Balaban J connectivity index is 2.37. The second-order valence-electron chi connectivity index (χ2n) is 1.21. The zero-order valence-electron chi connectivity index (χ0n) is 3.50. The van der Waals surface area contributed by atoms with E-state index in [0.717, 1.165) is 6.54 Å². The predicted octanol–water partition coefficient (Wildman–Crippen LogP) is -2.85. The average molecular weight is 196 g/mol. The molecule has 0 aromatic rings. The van der Waals surface area contributed by atoms with Gasteiger partial charge in [0.25, 0.3) is 0 Å². The van der Waals surface area contributed by atoms with Gasteiger partial charge in [0.05, 0.1) is 0 Å². The average Bonchev–Trinajstić information content (AvgIpc) is 1.86. The third-order valence-electron chi connectivity index (χ3n) is 0.667. The zero-order valence-corrected chi connectivity index (χ0v) is 5.66. The van der Waals surface area contributed by atoms with E-state index in [4.69, 9.17) is 0 Å². The van der Waals surface area contributed by atoms with E-state index >= 15 is 0 Å². The Bertz CT molecular complexity index is 61.9. The molecule has 1 aliphatic heterocycles. The summed E-state index contributed by atoms with van der Waals surface area (Å²) >= 11 is 0.374. The van der Waals surface area contributed by atoms with Gasteiger partial charge in [-0.1, -0.05) is 0 Å². The van der Waals surface area contributed by atoms with Crippen LogP contribution in [-0.2, 0) is 0 Å². The van der Waals surface area contributed by atoms with Gasteiger partial charge in [-0.2, -0.15) is 0 Å². The number of nitrogens with one attached hydrogen (secondary N) is 1. The van der Waals surface area contributed by atoms with Crippen molar-refractivity contribution in [2.24, 2.45) is 0 Å². The van der Waals surface area contributed by atoms with E-state index in [0.29, 0.717) is 21.2 Å². The first-order chi connectivity index (χ1) is 2.89. The molecule has 0 aliphatic carbocycles. The van der Waals surface area contributed by atoms with E-state index in [-0.39, 0.29) is 0 Å². The van der Waals surface area contributed by atoms with Crippen LogP contribution in [0, 0.1) is 0 Å². The molecule has 1 nitrogen and oxygen atoms in total. The van der Waals surface area contributed by atoms with E-state index in [2.05, 4.69) is 11.9 Å². The molecule has 0 saturated carbocycles. The minimum absolute atomic E-state index is 0.374. The van der Waals surface area contributed by atoms with Crippen molar-refractivity contribution in [2.45, 2.75) is 0 Å². The third kappa shape index (κ3) is 0.944. The molecule has 0 aromatic heterocycles. The molecule has 36 valence electrons. The van der Waals surface area contributed by atoms with E-state index < -0.39 is 0 Å². The summed E-state index contributed by atoms with van der Waals surface area (Å²) in [5.74, 6) is 0. The van der Waals surface area contributed by atoms with Crippen molar-refractivity contribution in [2.75, 3.05) is 11.1 Å². The van der Waals surface area contributed by atoms with Crippen molar-refractivity contribution < 1.29 is 21.2 Å². The Labute approximate surface area is 48.1 Å². The summed E-state index contributed by atoms with van der Waals surface area (Å²) in [4.78, 5) is 0. The van der Waals surface area contributed by atoms with Gasteiger partial charge in [-0.15, -0.1) is 0 Å². The summed E-state index contributed by atoms with van der Waals surface area (Å²) in [5.41, 5.74) is 0. The molecule has 0 bridgehead atoms. The van der Waals surface area contributed by atoms with Gasteiger partial charge in [-0.3, -0.25) is 0 Å². The van der Waals surface area contributed by atoms with Crippen molar-refractivity contribution in [3.8, 4) is 0 Å². The van der Waals surface area contributed by atoms with Crippen LogP contribution < -0.4 is 26.5 Å². The number of hydrogen-bond acceptors (Lipinski definition) is 1. The molecular formula is C4H7IN-.